The summed E-state index contributed by atoms with van der Waals surface area (Å²) in [5.41, 5.74) is -0.421. The molecule has 1 aromatic rings. The number of pyridine rings is 1. The van der Waals surface area contributed by atoms with E-state index in [-0.39, 0.29) is 19.4 Å². The molecule has 0 spiro atoms. The van der Waals surface area contributed by atoms with Crippen molar-refractivity contribution in [1.82, 2.24) is 4.98 Å². The number of hydrogen-bond acceptors (Lipinski definition) is 4. The second-order valence-electron chi connectivity index (χ2n) is 4.34. The van der Waals surface area contributed by atoms with Gasteiger partial charge in [-0.2, -0.15) is 0 Å². The third-order valence-electron chi connectivity index (χ3n) is 3.38. The number of aliphatic carboxylic acids is 1. The lowest BCUT2D eigenvalue weighted by Crippen LogP contribution is -2.40. The van der Waals surface area contributed by atoms with E-state index in [9.17, 15) is 14.7 Å². The Morgan fingerprint density at radius 1 is 1.26 bits per heavy atom. The molecule has 1 heterocycles. The molecular formula is C14H19NO4. The van der Waals surface area contributed by atoms with Gasteiger partial charge in [-0.15, -0.1) is 0 Å². The van der Waals surface area contributed by atoms with Crippen LogP contribution in [-0.4, -0.2) is 28.6 Å². The Labute approximate surface area is 112 Å². The van der Waals surface area contributed by atoms with Crippen LogP contribution in [0.1, 0.15) is 32.3 Å². The lowest BCUT2D eigenvalue weighted by Gasteiger charge is -2.24. The van der Waals surface area contributed by atoms with Gasteiger partial charge >= 0.3 is 11.9 Å². The van der Waals surface area contributed by atoms with E-state index >= 15 is 0 Å². The maximum atomic E-state index is 11.9. The lowest BCUT2D eigenvalue weighted by molar-refractivity contribution is -0.169. The number of carboxylic acid groups (broad SMARTS) is 1. The number of carbonyl (C=O) groups excluding carboxylic acids is 1. The van der Waals surface area contributed by atoms with Gasteiger partial charge in [0.1, 0.15) is 0 Å². The Morgan fingerprint density at radius 2 is 1.84 bits per heavy atom. The van der Waals surface area contributed by atoms with Crippen LogP contribution in [0.5, 0.6) is 0 Å². The van der Waals surface area contributed by atoms with Gasteiger partial charge in [-0.1, -0.05) is 13.8 Å². The molecule has 0 aliphatic carbocycles. The predicted octanol–water partition coefficient (Wildman–Crippen LogP) is 2.06. The van der Waals surface area contributed by atoms with Crippen LogP contribution in [-0.2, 0) is 20.7 Å². The molecule has 0 bridgehead atoms. The molecule has 19 heavy (non-hydrogen) atoms. The number of nitrogens with zero attached hydrogens (tertiary/aromatic N) is 1. The van der Waals surface area contributed by atoms with Crippen molar-refractivity contribution >= 4 is 11.9 Å². The molecule has 5 nitrogen and oxygen atoms in total. The Morgan fingerprint density at radius 3 is 2.32 bits per heavy atom. The minimum absolute atomic E-state index is 0.178. The Balaban J connectivity index is 2.57. The van der Waals surface area contributed by atoms with Crippen molar-refractivity contribution in [3.05, 3.63) is 30.1 Å². The highest BCUT2D eigenvalue weighted by atomic mass is 16.5. The zero-order chi connectivity index (χ0) is 14.3. The number of esters is 1. The highest BCUT2D eigenvalue weighted by Gasteiger charge is 2.44. The number of carboxylic acids is 1. The first-order chi connectivity index (χ1) is 9.06. The predicted molar refractivity (Wildman–Crippen MR) is 69.6 cm³/mol. The summed E-state index contributed by atoms with van der Waals surface area (Å²) in [6.45, 7) is 3.54. The van der Waals surface area contributed by atoms with E-state index < -0.39 is 17.4 Å². The summed E-state index contributed by atoms with van der Waals surface area (Å²) in [5.74, 6) is -1.77. The van der Waals surface area contributed by atoms with E-state index in [2.05, 4.69) is 4.98 Å². The molecule has 104 valence electrons. The van der Waals surface area contributed by atoms with E-state index in [1.807, 2.05) is 12.1 Å². The van der Waals surface area contributed by atoms with E-state index in [0.29, 0.717) is 6.42 Å². The van der Waals surface area contributed by atoms with Gasteiger partial charge in [0.05, 0.1) is 6.61 Å². The van der Waals surface area contributed by atoms with Crippen molar-refractivity contribution in [2.24, 2.45) is 5.41 Å². The summed E-state index contributed by atoms with van der Waals surface area (Å²) < 4.78 is 5.11. The van der Waals surface area contributed by atoms with Crippen molar-refractivity contribution in [1.29, 1.82) is 0 Å². The molecule has 1 aromatic heterocycles. The fraction of sp³-hybridized carbons (Fsp3) is 0.500. The Bertz CT molecular complexity index is 426. The summed E-state index contributed by atoms with van der Waals surface area (Å²) in [6.07, 6.45) is 4.34. The molecule has 0 aromatic carbocycles. The van der Waals surface area contributed by atoms with Crippen LogP contribution in [0, 0.1) is 5.41 Å². The summed E-state index contributed by atoms with van der Waals surface area (Å²) in [5, 5.41) is 9.20. The topological polar surface area (TPSA) is 76.5 Å². The highest BCUT2D eigenvalue weighted by molar-refractivity contribution is 5.99. The highest BCUT2D eigenvalue weighted by Crippen LogP contribution is 2.28. The van der Waals surface area contributed by atoms with Crippen molar-refractivity contribution in [2.45, 2.75) is 33.1 Å². The quantitative estimate of drug-likeness (QED) is 0.603. The zero-order valence-corrected chi connectivity index (χ0v) is 11.3. The number of aromatic nitrogens is 1. The number of rotatable bonds is 7. The average molecular weight is 265 g/mol. The van der Waals surface area contributed by atoms with E-state index in [1.54, 1.807) is 26.2 Å². The molecule has 1 N–H and O–H groups in total. The molecular weight excluding hydrogens is 246 g/mol. The molecule has 0 aliphatic rings. The van der Waals surface area contributed by atoms with Crippen molar-refractivity contribution < 1.29 is 19.4 Å². The van der Waals surface area contributed by atoms with Crippen LogP contribution in [0.15, 0.2) is 24.5 Å². The first-order valence-electron chi connectivity index (χ1n) is 6.36. The van der Waals surface area contributed by atoms with Gasteiger partial charge < -0.3 is 9.84 Å². The molecule has 1 rings (SSSR count). The lowest BCUT2D eigenvalue weighted by atomic mass is 9.82. The van der Waals surface area contributed by atoms with E-state index in [4.69, 9.17) is 4.74 Å². The molecule has 0 saturated heterocycles. The second kappa shape index (κ2) is 6.87. The smallest absolute Gasteiger partial charge is 0.323 e. The van der Waals surface area contributed by atoms with Gasteiger partial charge in [-0.05, 0) is 30.5 Å². The van der Waals surface area contributed by atoms with Crippen LogP contribution in [0.25, 0.3) is 0 Å². The maximum absolute atomic E-state index is 11.9. The van der Waals surface area contributed by atoms with Crippen molar-refractivity contribution in [3.63, 3.8) is 0 Å². The van der Waals surface area contributed by atoms with Gasteiger partial charge in [0.25, 0.3) is 0 Å². The second-order valence-corrected chi connectivity index (χ2v) is 4.34. The first-order valence-corrected chi connectivity index (χ1v) is 6.36. The summed E-state index contributed by atoms with van der Waals surface area (Å²) in [6, 6.07) is 3.66. The first kappa shape index (κ1) is 15.1. The van der Waals surface area contributed by atoms with Crippen LogP contribution >= 0.6 is 0 Å². The molecule has 0 aliphatic heterocycles. The molecule has 0 amide bonds. The normalized spacial score (nSPS) is 11.1. The fourth-order valence-electron chi connectivity index (χ4n) is 1.88. The fourth-order valence-corrected chi connectivity index (χ4v) is 1.88. The van der Waals surface area contributed by atoms with Gasteiger partial charge in [-0.25, -0.2) is 0 Å². The molecule has 0 saturated carbocycles. The summed E-state index contributed by atoms with van der Waals surface area (Å²) >= 11 is 0. The van der Waals surface area contributed by atoms with E-state index in [0.717, 1.165) is 5.56 Å². The Kier molecular flexibility index (Phi) is 5.48. The van der Waals surface area contributed by atoms with E-state index in [1.165, 1.54) is 0 Å². The zero-order valence-electron chi connectivity index (χ0n) is 11.3. The standard InChI is InChI=1S/C14H19NO4/c1-3-14(4-2,12(16)17)13(18)19-10-7-11-5-8-15-9-6-11/h5-6,8-9H,3-4,7,10H2,1-2H3,(H,16,17). The minimum Gasteiger partial charge on any atom is -0.480 e. The summed E-state index contributed by atoms with van der Waals surface area (Å²) in [7, 11) is 0. The third-order valence-corrected chi connectivity index (χ3v) is 3.38. The van der Waals surface area contributed by atoms with Crippen LogP contribution in [0.3, 0.4) is 0 Å². The molecule has 0 fully saturated rings. The van der Waals surface area contributed by atoms with Gasteiger partial charge in [0.15, 0.2) is 5.41 Å². The molecule has 0 radical (unpaired) electrons. The van der Waals surface area contributed by atoms with Gasteiger partial charge in [-0.3, -0.25) is 14.6 Å². The third kappa shape index (κ3) is 3.53. The summed E-state index contributed by atoms with van der Waals surface area (Å²) in [4.78, 5) is 27.1. The SMILES string of the molecule is CCC(CC)(C(=O)O)C(=O)OCCc1ccncc1. The monoisotopic (exact) mass is 265 g/mol. The number of carbonyl (C=O) groups is 2. The maximum Gasteiger partial charge on any atom is 0.323 e. The van der Waals surface area contributed by atoms with Crippen molar-refractivity contribution in [2.75, 3.05) is 6.61 Å². The average Bonchev–Trinajstić information content (AvgIpc) is 2.41. The van der Waals surface area contributed by atoms with Gasteiger partial charge in [0, 0.05) is 18.8 Å². The molecule has 0 atom stereocenters. The number of ether oxygens (including phenoxy) is 1. The minimum atomic E-state index is -1.42. The van der Waals surface area contributed by atoms with Crippen LogP contribution in [0.2, 0.25) is 0 Å². The number of hydrogen-bond donors (Lipinski definition) is 1. The van der Waals surface area contributed by atoms with Crippen LogP contribution in [0.4, 0.5) is 0 Å². The van der Waals surface area contributed by atoms with Crippen molar-refractivity contribution in [3.8, 4) is 0 Å². The van der Waals surface area contributed by atoms with Gasteiger partial charge in [0.2, 0.25) is 0 Å². The largest absolute Gasteiger partial charge is 0.480 e. The molecule has 0 unspecified atom stereocenters. The Hall–Kier alpha value is -1.91. The molecule has 5 heteroatoms. The van der Waals surface area contributed by atoms with Crippen LogP contribution < -0.4 is 0 Å².